The number of aryl methyl sites for hydroxylation is 1. The van der Waals surface area contributed by atoms with E-state index in [1.54, 1.807) is 26.8 Å². The lowest BCUT2D eigenvalue weighted by Crippen LogP contribution is -2.19. The Morgan fingerprint density at radius 2 is 1.93 bits per heavy atom. The summed E-state index contributed by atoms with van der Waals surface area (Å²) >= 11 is 0. The molecule has 0 aliphatic carbocycles. The number of aliphatic hydroxyl groups is 1. The second kappa shape index (κ2) is 4.14. The molecular weight excluding hydrogens is 192 g/mol. The van der Waals surface area contributed by atoms with Crippen molar-refractivity contribution >= 4 is 0 Å². The van der Waals surface area contributed by atoms with E-state index in [2.05, 4.69) is 9.97 Å². The van der Waals surface area contributed by atoms with Gasteiger partial charge in [-0.3, -0.25) is 0 Å². The normalized spacial score (nSPS) is 11.9. The van der Waals surface area contributed by atoms with Gasteiger partial charge < -0.3 is 9.84 Å². The van der Waals surface area contributed by atoms with E-state index in [0.717, 1.165) is 0 Å². The van der Waals surface area contributed by atoms with Gasteiger partial charge in [0.15, 0.2) is 0 Å². The third-order valence-corrected chi connectivity index (χ3v) is 1.80. The minimum atomic E-state index is -0.969. The van der Waals surface area contributed by atoms with Crippen LogP contribution in [0, 0.1) is 6.92 Å². The summed E-state index contributed by atoms with van der Waals surface area (Å²) in [4.78, 5) is 8.31. The summed E-state index contributed by atoms with van der Waals surface area (Å²) in [5.41, 5.74) is -0.395. The Balaban J connectivity index is 3.06. The highest BCUT2D eigenvalue weighted by molar-refractivity contribution is 5.20. The quantitative estimate of drug-likeness (QED) is 0.826. The predicted octanol–water partition coefficient (Wildman–Crippen LogP) is 1.80. The number of ether oxygens (including phenoxy) is 1. The molecule has 1 aromatic rings. The zero-order valence-corrected chi connectivity index (χ0v) is 9.90. The van der Waals surface area contributed by atoms with Gasteiger partial charge in [-0.15, -0.1) is 0 Å². The number of hydrogen-bond acceptors (Lipinski definition) is 4. The average molecular weight is 210 g/mol. The molecule has 0 saturated carbocycles. The lowest BCUT2D eigenvalue weighted by molar-refractivity contribution is 0.0727. The third-order valence-electron chi connectivity index (χ3n) is 1.80. The van der Waals surface area contributed by atoms with E-state index in [0.29, 0.717) is 17.4 Å². The van der Waals surface area contributed by atoms with Crippen molar-refractivity contribution in [2.45, 2.75) is 46.3 Å². The first-order chi connectivity index (χ1) is 6.79. The standard InChI is InChI=1S/C11H18N2O2/c1-7(2)15-10-6-9(11(4,5)14)12-8(3)13-10/h6-7,14H,1-5H3. The Morgan fingerprint density at radius 1 is 1.33 bits per heavy atom. The molecular formula is C11H18N2O2. The lowest BCUT2D eigenvalue weighted by Gasteiger charge is -2.18. The summed E-state index contributed by atoms with van der Waals surface area (Å²) in [6.45, 7) is 9.02. The van der Waals surface area contributed by atoms with E-state index in [1.807, 2.05) is 13.8 Å². The van der Waals surface area contributed by atoms with Crippen LogP contribution in [-0.4, -0.2) is 21.2 Å². The Kier molecular flexibility index (Phi) is 3.29. The van der Waals surface area contributed by atoms with Crippen LogP contribution in [0.5, 0.6) is 5.88 Å². The van der Waals surface area contributed by atoms with Crippen LogP contribution in [0.25, 0.3) is 0 Å². The highest BCUT2D eigenvalue weighted by Gasteiger charge is 2.19. The van der Waals surface area contributed by atoms with Crippen LogP contribution >= 0.6 is 0 Å². The smallest absolute Gasteiger partial charge is 0.217 e. The summed E-state index contributed by atoms with van der Waals surface area (Å²) in [5, 5.41) is 9.83. The molecule has 1 aromatic heterocycles. The highest BCUT2D eigenvalue weighted by atomic mass is 16.5. The molecule has 0 atom stereocenters. The van der Waals surface area contributed by atoms with Crippen molar-refractivity contribution in [2.24, 2.45) is 0 Å². The molecule has 0 bridgehead atoms. The molecule has 4 nitrogen and oxygen atoms in total. The second-order valence-electron chi connectivity index (χ2n) is 4.36. The molecule has 0 radical (unpaired) electrons. The number of nitrogens with zero attached hydrogens (tertiary/aromatic N) is 2. The highest BCUT2D eigenvalue weighted by Crippen LogP contribution is 2.21. The minimum absolute atomic E-state index is 0.0638. The summed E-state index contributed by atoms with van der Waals surface area (Å²) in [6, 6.07) is 1.67. The van der Waals surface area contributed by atoms with Crippen molar-refractivity contribution in [3.05, 3.63) is 17.6 Å². The maximum absolute atomic E-state index is 9.83. The predicted molar refractivity (Wildman–Crippen MR) is 57.8 cm³/mol. The van der Waals surface area contributed by atoms with Crippen molar-refractivity contribution in [2.75, 3.05) is 0 Å². The first-order valence-corrected chi connectivity index (χ1v) is 5.04. The Hall–Kier alpha value is -1.16. The summed E-state index contributed by atoms with van der Waals surface area (Å²) in [5.74, 6) is 1.11. The molecule has 1 heterocycles. The van der Waals surface area contributed by atoms with Gasteiger partial charge in [-0.05, 0) is 34.6 Å². The van der Waals surface area contributed by atoms with Gasteiger partial charge >= 0.3 is 0 Å². The Morgan fingerprint density at radius 3 is 2.40 bits per heavy atom. The van der Waals surface area contributed by atoms with Crippen LogP contribution < -0.4 is 4.74 Å². The second-order valence-corrected chi connectivity index (χ2v) is 4.36. The molecule has 0 unspecified atom stereocenters. The molecule has 0 fully saturated rings. The largest absolute Gasteiger partial charge is 0.475 e. The maximum Gasteiger partial charge on any atom is 0.217 e. The Labute approximate surface area is 90.3 Å². The van der Waals surface area contributed by atoms with Crippen molar-refractivity contribution in [1.82, 2.24) is 9.97 Å². The zero-order valence-electron chi connectivity index (χ0n) is 9.90. The van der Waals surface area contributed by atoms with Crippen LogP contribution in [0.15, 0.2) is 6.07 Å². The van der Waals surface area contributed by atoms with Crippen molar-refractivity contribution in [1.29, 1.82) is 0 Å². The lowest BCUT2D eigenvalue weighted by atomic mass is 10.1. The molecule has 84 valence electrons. The van der Waals surface area contributed by atoms with Crippen LogP contribution in [0.4, 0.5) is 0 Å². The summed E-state index contributed by atoms with van der Waals surface area (Å²) in [6.07, 6.45) is 0.0638. The molecule has 0 aliphatic heterocycles. The van der Waals surface area contributed by atoms with E-state index in [-0.39, 0.29) is 6.10 Å². The van der Waals surface area contributed by atoms with Gasteiger partial charge in [0.05, 0.1) is 11.8 Å². The van der Waals surface area contributed by atoms with Crippen molar-refractivity contribution < 1.29 is 9.84 Å². The van der Waals surface area contributed by atoms with Crippen LogP contribution in [0.1, 0.15) is 39.2 Å². The molecule has 4 heteroatoms. The van der Waals surface area contributed by atoms with Gasteiger partial charge in [-0.2, -0.15) is 4.98 Å². The van der Waals surface area contributed by atoms with Crippen molar-refractivity contribution in [3.8, 4) is 5.88 Å². The summed E-state index contributed by atoms with van der Waals surface area (Å²) < 4.78 is 5.47. The minimum Gasteiger partial charge on any atom is -0.475 e. The topological polar surface area (TPSA) is 55.2 Å². The SMILES string of the molecule is Cc1nc(OC(C)C)cc(C(C)(C)O)n1. The maximum atomic E-state index is 9.83. The third kappa shape index (κ3) is 3.47. The van der Waals surface area contributed by atoms with E-state index in [9.17, 15) is 5.11 Å². The van der Waals surface area contributed by atoms with E-state index < -0.39 is 5.60 Å². The van der Waals surface area contributed by atoms with Gasteiger partial charge in [0.25, 0.3) is 0 Å². The fraction of sp³-hybridized carbons (Fsp3) is 0.636. The van der Waals surface area contributed by atoms with Crippen LogP contribution in [-0.2, 0) is 5.60 Å². The number of hydrogen-bond donors (Lipinski definition) is 1. The van der Waals surface area contributed by atoms with Crippen LogP contribution in [0.3, 0.4) is 0 Å². The van der Waals surface area contributed by atoms with E-state index in [1.165, 1.54) is 0 Å². The monoisotopic (exact) mass is 210 g/mol. The van der Waals surface area contributed by atoms with Gasteiger partial charge in [0.2, 0.25) is 5.88 Å². The molecule has 0 amide bonds. The zero-order chi connectivity index (χ0) is 11.6. The molecule has 0 saturated heterocycles. The summed E-state index contributed by atoms with van der Waals surface area (Å²) in [7, 11) is 0. The van der Waals surface area contributed by atoms with E-state index in [4.69, 9.17) is 4.74 Å². The first kappa shape index (κ1) is 11.9. The molecule has 1 N–H and O–H groups in total. The molecule has 0 spiro atoms. The molecule has 0 aromatic carbocycles. The Bertz CT molecular complexity index is 343. The van der Waals surface area contributed by atoms with Gasteiger partial charge in [0, 0.05) is 6.07 Å². The van der Waals surface area contributed by atoms with Gasteiger partial charge in [-0.1, -0.05) is 0 Å². The van der Waals surface area contributed by atoms with Crippen molar-refractivity contribution in [3.63, 3.8) is 0 Å². The molecule has 15 heavy (non-hydrogen) atoms. The first-order valence-electron chi connectivity index (χ1n) is 5.04. The fourth-order valence-corrected chi connectivity index (χ4v) is 1.16. The van der Waals surface area contributed by atoms with Gasteiger partial charge in [-0.25, -0.2) is 4.98 Å². The number of aromatic nitrogens is 2. The van der Waals surface area contributed by atoms with E-state index >= 15 is 0 Å². The van der Waals surface area contributed by atoms with Crippen LogP contribution in [0.2, 0.25) is 0 Å². The average Bonchev–Trinajstić information content (AvgIpc) is 1.99. The fourth-order valence-electron chi connectivity index (χ4n) is 1.16. The van der Waals surface area contributed by atoms with Gasteiger partial charge in [0.1, 0.15) is 11.4 Å². The molecule has 0 aliphatic rings. The molecule has 1 rings (SSSR count). The number of rotatable bonds is 3.